The van der Waals surface area contributed by atoms with E-state index in [1.807, 2.05) is 0 Å². The molecular weight excluding hydrogens is 417 g/mol. The third-order valence-corrected chi connectivity index (χ3v) is 6.63. The van der Waals surface area contributed by atoms with Crippen LogP contribution in [0.5, 0.6) is 0 Å². The van der Waals surface area contributed by atoms with E-state index < -0.39 is 10.0 Å². The smallest absolute Gasteiger partial charge is 0.264 e. The Labute approximate surface area is 137 Å². The second kappa shape index (κ2) is 5.79. The van der Waals surface area contributed by atoms with Crippen molar-refractivity contribution in [2.45, 2.75) is 4.90 Å². The Morgan fingerprint density at radius 2 is 1.89 bits per heavy atom. The summed E-state index contributed by atoms with van der Waals surface area (Å²) in [5.41, 5.74) is 0.325. The van der Waals surface area contributed by atoms with Crippen LogP contribution in [0.1, 0.15) is 0 Å². The Balaban J connectivity index is 2.42. The zero-order valence-electron chi connectivity index (χ0n) is 8.95. The first-order chi connectivity index (χ1) is 8.81. The maximum absolute atomic E-state index is 12.2. The van der Waals surface area contributed by atoms with Crippen molar-refractivity contribution in [3.05, 3.63) is 42.4 Å². The monoisotopic (exact) mass is 419 g/mol. The maximum atomic E-state index is 12.2. The van der Waals surface area contributed by atoms with Gasteiger partial charge in [0.25, 0.3) is 10.0 Å². The van der Waals surface area contributed by atoms with Crippen LogP contribution in [0.25, 0.3) is 0 Å². The second-order valence-corrected chi connectivity index (χ2v) is 8.53. The first-order valence-corrected chi connectivity index (χ1v) is 8.95. The molecule has 0 amide bonds. The van der Waals surface area contributed by atoms with Crippen molar-refractivity contribution in [2.75, 3.05) is 4.72 Å². The molecule has 0 aliphatic carbocycles. The molecule has 0 bridgehead atoms. The molecule has 1 aromatic heterocycles. The molecule has 9 heteroatoms. The van der Waals surface area contributed by atoms with Crippen LogP contribution < -0.4 is 4.72 Å². The van der Waals surface area contributed by atoms with Crippen molar-refractivity contribution in [3.8, 4) is 0 Å². The Morgan fingerprint density at radius 3 is 2.47 bits per heavy atom. The molecule has 2 aromatic rings. The molecule has 0 saturated carbocycles. The summed E-state index contributed by atoms with van der Waals surface area (Å²) >= 11 is 21.7. The predicted molar refractivity (Wildman–Crippen MR) is 84.3 cm³/mol. The lowest BCUT2D eigenvalue weighted by Gasteiger charge is -2.09. The molecule has 0 aliphatic rings. The Hall–Kier alpha value is 0.0200. The van der Waals surface area contributed by atoms with Gasteiger partial charge >= 0.3 is 0 Å². The number of thiophene rings is 1. The molecule has 3 nitrogen and oxygen atoms in total. The van der Waals surface area contributed by atoms with Gasteiger partial charge < -0.3 is 0 Å². The van der Waals surface area contributed by atoms with Crippen molar-refractivity contribution in [1.82, 2.24) is 0 Å². The minimum absolute atomic E-state index is 0.0592. The summed E-state index contributed by atoms with van der Waals surface area (Å²) in [6.07, 6.45) is 0. The third kappa shape index (κ3) is 3.37. The quantitative estimate of drug-likeness (QED) is 0.734. The Morgan fingerprint density at radius 1 is 1.21 bits per heavy atom. The number of hydrogen-bond donors (Lipinski definition) is 1. The molecule has 19 heavy (non-hydrogen) atoms. The number of hydrogen-bond acceptors (Lipinski definition) is 3. The van der Waals surface area contributed by atoms with Gasteiger partial charge in [0.1, 0.15) is 9.23 Å². The molecular formula is C10H5BrCl3NO2S2. The molecule has 0 radical (unpaired) electrons. The molecule has 1 aromatic carbocycles. The van der Waals surface area contributed by atoms with Gasteiger partial charge in [-0.25, -0.2) is 8.42 Å². The highest BCUT2D eigenvalue weighted by molar-refractivity contribution is 9.10. The minimum Gasteiger partial charge on any atom is -0.278 e. The van der Waals surface area contributed by atoms with Crippen LogP contribution in [-0.4, -0.2) is 8.42 Å². The summed E-state index contributed by atoms with van der Waals surface area (Å²) in [5, 5.41) is 0.398. The standard InChI is InChI=1S/C10H5BrCl3NO2S2/c11-9-5(12)2-1-3-6(9)15-19(16,17)7-4-8(13)18-10(7)14/h1-4,15H. The van der Waals surface area contributed by atoms with Crippen LogP contribution >= 0.6 is 62.1 Å². The van der Waals surface area contributed by atoms with Gasteiger partial charge in [0.05, 0.1) is 19.5 Å². The number of sulfonamides is 1. The molecule has 1 heterocycles. The summed E-state index contributed by atoms with van der Waals surface area (Å²) in [7, 11) is -3.81. The van der Waals surface area contributed by atoms with Crippen LogP contribution in [0, 0.1) is 0 Å². The van der Waals surface area contributed by atoms with E-state index in [1.165, 1.54) is 6.07 Å². The predicted octanol–water partition coefficient (Wildman–Crippen LogP) is 5.27. The summed E-state index contributed by atoms with van der Waals surface area (Å²) in [6, 6.07) is 6.15. The molecule has 0 fully saturated rings. The van der Waals surface area contributed by atoms with E-state index in [4.69, 9.17) is 34.8 Å². The van der Waals surface area contributed by atoms with Gasteiger partial charge in [-0.3, -0.25) is 4.72 Å². The first-order valence-electron chi connectivity index (χ1n) is 4.73. The van der Waals surface area contributed by atoms with Crippen LogP contribution in [0.4, 0.5) is 5.69 Å². The van der Waals surface area contributed by atoms with Crippen LogP contribution in [0.15, 0.2) is 33.6 Å². The van der Waals surface area contributed by atoms with E-state index in [0.29, 0.717) is 19.5 Å². The van der Waals surface area contributed by atoms with Crippen molar-refractivity contribution in [1.29, 1.82) is 0 Å². The molecule has 0 saturated heterocycles. The minimum atomic E-state index is -3.81. The first kappa shape index (κ1) is 15.4. The molecule has 2 rings (SSSR count). The van der Waals surface area contributed by atoms with E-state index in [1.54, 1.807) is 18.2 Å². The number of benzene rings is 1. The number of rotatable bonds is 3. The van der Waals surface area contributed by atoms with Gasteiger partial charge in [0.15, 0.2) is 0 Å². The molecule has 102 valence electrons. The van der Waals surface area contributed by atoms with E-state index in [2.05, 4.69) is 20.7 Å². The number of halogens is 4. The van der Waals surface area contributed by atoms with Gasteiger partial charge in [-0.2, -0.15) is 0 Å². The van der Waals surface area contributed by atoms with Crippen molar-refractivity contribution >= 4 is 77.8 Å². The lowest BCUT2D eigenvalue weighted by atomic mass is 10.3. The third-order valence-electron chi connectivity index (χ3n) is 2.11. The summed E-state index contributed by atoms with van der Waals surface area (Å²) in [4.78, 5) is -0.0592. The van der Waals surface area contributed by atoms with Crippen molar-refractivity contribution in [3.63, 3.8) is 0 Å². The average Bonchev–Trinajstić information content (AvgIpc) is 2.65. The second-order valence-electron chi connectivity index (χ2n) is 3.40. The highest BCUT2D eigenvalue weighted by Gasteiger charge is 2.22. The average molecular weight is 422 g/mol. The fourth-order valence-corrected chi connectivity index (χ4v) is 5.18. The van der Waals surface area contributed by atoms with Gasteiger partial charge in [0.2, 0.25) is 0 Å². The summed E-state index contributed by atoms with van der Waals surface area (Å²) < 4.78 is 27.6. The molecule has 0 unspecified atom stereocenters. The summed E-state index contributed by atoms with van der Waals surface area (Å²) in [6.45, 7) is 0. The molecule has 1 N–H and O–H groups in total. The lowest BCUT2D eigenvalue weighted by Crippen LogP contribution is -2.12. The van der Waals surface area contributed by atoms with Crippen LogP contribution in [0.3, 0.4) is 0 Å². The van der Waals surface area contributed by atoms with Gasteiger partial charge in [-0.1, -0.05) is 40.9 Å². The SMILES string of the molecule is O=S(=O)(Nc1cccc(Cl)c1Br)c1cc(Cl)sc1Cl. The maximum Gasteiger partial charge on any atom is 0.264 e. The van der Waals surface area contributed by atoms with Crippen LogP contribution in [-0.2, 0) is 10.0 Å². The molecule has 0 aliphatic heterocycles. The van der Waals surface area contributed by atoms with Crippen molar-refractivity contribution in [2.24, 2.45) is 0 Å². The van der Waals surface area contributed by atoms with E-state index in [9.17, 15) is 8.42 Å². The zero-order valence-corrected chi connectivity index (χ0v) is 14.4. The lowest BCUT2D eigenvalue weighted by molar-refractivity contribution is 0.601. The highest BCUT2D eigenvalue weighted by Crippen LogP contribution is 2.37. The van der Waals surface area contributed by atoms with Gasteiger partial charge in [-0.05, 0) is 34.1 Å². The fourth-order valence-electron chi connectivity index (χ4n) is 1.29. The number of anilines is 1. The van der Waals surface area contributed by atoms with Gasteiger partial charge in [0, 0.05) is 0 Å². The van der Waals surface area contributed by atoms with Crippen molar-refractivity contribution < 1.29 is 8.42 Å². The highest BCUT2D eigenvalue weighted by atomic mass is 79.9. The van der Waals surface area contributed by atoms with E-state index >= 15 is 0 Å². The number of nitrogens with one attached hydrogen (secondary N) is 1. The molecule has 0 spiro atoms. The van der Waals surface area contributed by atoms with E-state index in [-0.39, 0.29) is 9.23 Å². The summed E-state index contributed by atoms with van der Waals surface area (Å²) in [5.74, 6) is 0. The topological polar surface area (TPSA) is 46.2 Å². The van der Waals surface area contributed by atoms with Gasteiger partial charge in [-0.15, -0.1) is 11.3 Å². The fraction of sp³-hybridized carbons (Fsp3) is 0. The van der Waals surface area contributed by atoms with E-state index in [0.717, 1.165) is 11.3 Å². The Bertz CT molecular complexity index is 730. The molecule has 0 atom stereocenters. The Kier molecular flexibility index (Phi) is 4.70. The van der Waals surface area contributed by atoms with Crippen LogP contribution in [0.2, 0.25) is 13.7 Å². The largest absolute Gasteiger partial charge is 0.278 e. The normalized spacial score (nSPS) is 11.6. The zero-order chi connectivity index (χ0) is 14.2.